The zero-order valence-corrected chi connectivity index (χ0v) is 16.9. The lowest BCUT2D eigenvalue weighted by Gasteiger charge is -2.09. The van der Waals surface area contributed by atoms with Crippen LogP contribution in [0.25, 0.3) is 0 Å². The van der Waals surface area contributed by atoms with Gasteiger partial charge in [0, 0.05) is 30.0 Å². The maximum absolute atomic E-state index is 12.2. The number of hydrogen-bond acceptors (Lipinski definition) is 6. The van der Waals surface area contributed by atoms with Gasteiger partial charge in [0.15, 0.2) is 0 Å². The molecule has 0 atom stereocenters. The summed E-state index contributed by atoms with van der Waals surface area (Å²) >= 11 is 1.36. The number of nitro groups is 1. The third-order valence-electron chi connectivity index (χ3n) is 3.93. The number of pyridine rings is 1. The second-order valence-corrected chi connectivity index (χ2v) is 7.85. The second-order valence-electron chi connectivity index (χ2n) is 6.77. The molecule has 8 heteroatoms. The van der Waals surface area contributed by atoms with Crippen LogP contribution in [0.3, 0.4) is 0 Å². The van der Waals surface area contributed by atoms with Crippen molar-refractivity contribution in [1.29, 1.82) is 5.26 Å². The zero-order valence-electron chi connectivity index (χ0n) is 16.1. The Balaban J connectivity index is 1.98. The largest absolute Gasteiger partial charge is 0.326 e. The SMILES string of the molecule is Cc1ccc([N+](=O)[O-])cc1NC(=O)CCSc1nc(CC(C)C)ccc1C#N. The summed E-state index contributed by atoms with van der Waals surface area (Å²) in [7, 11) is 0. The smallest absolute Gasteiger partial charge is 0.271 e. The van der Waals surface area contributed by atoms with Crippen molar-refractivity contribution in [2.45, 2.75) is 38.6 Å². The number of benzene rings is 1. The molecule has 0 radical (unpaired) electrons. The van der Waals surface area contributed by atoms with Crippen LogP contribution in [-0.4, -0.2) is 21.6 Å². The van der Waals surface area contributed by atoms with Gasteiger partial charge in [-0.2, -0.15) is 5.26 Å². The van der Waals surface area contributed by atoms with Gasteiger partial charge >= 0.3 is 0 Å². The molecule has 0 aliphatic rings. The maximum Gasteiger partial charge on any atom is 0.271 e. The maximum atomic E-state index is 12.2. The highest BCUT2D eigenvalue weighted by atomic mass is 32.2. The van der Waals surface area contributed by atoms with Crippen molar-refractivity contribution in [3.8, 4) is 6.07 Å². The van der Waals surface area contributed by atoms with Crippen molar-refractivity contribution in [2.75, 3.05) is 11.1 Å². The number of aryl methyl sites for hydroxylation is 1. The monoisotopic (exact) mass is 398 g/mol. The quantitative estimate of drug-likeness (QED) is 0.399. The Kier molecular flexibility index (Phi) is 7.52. The molecule has 0 unspecified atom stereocenters. The molecule has 0 aliphatic carbocycles. The Morgan fingerprint density at radius 2 is 2.11 bits per heavy atom. The molecular formula is C20H22N4O3S. The first kappa shape index (κ1) is 21.4. The molecule has 0 bridgehead atoms. The number of anilines is 1. The normalized spacial score (nSPS) is 10.5. The molecular weight excluding hydrogens is 376 g/mol. The van der Waals surface area contributed by atoms with E-state index in [-0.39, 0.29) is 18.0 Å². The number of nitrogens with zero attached hydrogens (tertiary/aromatic N) is 3. The van der Waals surface area contributed by atoms with Gasteiger partial charge in [0.25, 0.3) is 5.69 Å². The second kappa shape index (κ2) is 9.85. The number of aromatic nitrogens is 1. The summed E-state index contributed by atoms with van der Waals surface area (Å²) in [6, 6.07) is 10.1. The molecule has 146 valence electrons. The van der Waals surface area contributed by atoms with Crippen molar-refractivity contribution < 1.29 is 9.72 Å². The Morgan fingerprint density at radius 1 is 1.36 bits per heavy atom. The summed E-state index contributed by atoms with van der Waals surface area (Å²) in [5.74, 6) is 0.669. The van der Waals surface area contributed by atoms with Crippen LogP contribution in [0, 0.1) is 34.3 Å². The molecule has 2 aromatic rings. The molecule has 7 nitrogen and oxygen atoms in total. The van der Waals surface area contributed by atoms with Crippen LogP contribution < -0.4 is 5.32 Å². The van der Waals surface area contributed by atoms with Crippen molar-refractivity contribution in [3.05, 3.63) is 57.3 Å². The van der Waals surface area contributed by atoms with E-state index in [0.29, 0.717) is 27.9 Å². The Hall–Kier alpha value is -2.92. The fraction of sp³-hybridized carbons (Fsp3) is 0.350. The van der Waals surface area contributed by atoms with E-state index in [0.717, 1.165) is 17.7 Å². The van der Waals surface area contributed by atoms with Gasteiger partial charge in [0.05, 0.1) is 16.2 Å². The fourth-order valence-corrected chi connectivity index (χ4v) is 3.45. The van der Waals surface area contributed by atoms with Gasteiger partial charge in [-0.1, -0.05) is 19.9 Å². The number of carbonyl (C=O) groups excluding carboxylic acids is 1. The van der Waals surface area contributed by atoms with Crippen molar-refractivity contribution in [3.63, 3.8) is 0 Å². The summed E-state index contributed by atoms with van der Waals surface area (Å²) in [5, 5.41) is 23.5. The summed E-state index contributed by atoms with van der Waals surface area (Å²) in [6.45, 7) is 5.98. The predicted molar refractivity (Wildman–Crippen MR) is 109 cm³/mol. The first-order valence-corrected chi connectivity index (χ1v) is 9.86. The van der Waals surface area contributed by atoms with Gasteiger partial charge in [0.2, 0.25) is 5.91 Å². The number of rotatable bonds is 8. The third kappa shape index (κ3) is 6.06. The lowest BCUT2D eigenvalue weighted by molar-refractivity contribution is -0.384. The van der Waals surface area contributed by atoms with E-state index in [1.54, 1.807) is 19.1 Å². The number of non-ortho nitro benzene ring substituents is 1. The van der Waals surface area contributed by atoms with Crippen LogP contribution in [0.4, 0.5) is 11.4 Å². The highest BCUT2D eigenvalue weighted by molar-refractivity contribution is 7.99. The van der Waals surface area contributed by atoms with Gasteiger partial charge in [-0.05, 0) is 37.0 Å². The Labute approximate surface area is 168 Å². The van der Waals surface area contributed by atoms with Crippen molar-refractivity contribution in [1.82, 2.24) is 4.98 Å². The molecule has 1 aromatic heterocycles. The van der Waals surface area contributed by atoms with Crippen LogP contribution in [0.1, 0.15) is 37.1 Å². The van der Waals surface area contributed by atoms with E-state index in [2.05, 4.69) is 30.2 Å². The molecule has 28 heavy (non-hydrogen) atoms. The number of carbonyl (C=O) groups is 1. The van der Waals surface area contributed by atoms with E-state index in [1.807, 2.05) is 6.07 Å². The van der Waals surface area contributed by atoms with E-state index < -0.39 is 4.92 Å². The molecule has 0 aliphatic heterocycles. The number of nitro benzene ring substituents is 1. The van der Waals surface area contributed by atoms with Crippen LogP contribution in [0.15, 0.2) is 35.4 Å². The standard InChI is InChI=1S/C20H22N4O3S/c1-13(2)10-16-6-5-15(12-21)20(22-16)28-9-8-19(25)23-18-11-17(24(26)27)7-4-14(18)3/h4-7,11,13H,8-10H2,1-3H3,(H,23,25). The first-order valence-electron chi connectivity index (χ1n) is 8.88. The van der Waals surface area contributed by atoms with Crippen molar-refractivity contribution in [2.24, 2.45) is 5.92 Å². The van der Waals surface area contributed by atoms with Crippen LogP contribution in [0.2, 0.25) is 0 Å². The molecule has 0 fully saturated rings. The molecule has 2 rings (SSSR count). The lowest BCUT2D eigenvalue weighted by Crippen LogP contribution is -2.13. The van der Waals surface area contributed by atoms with Crippen LogP contribution >= 0.6 is 11.8 Å². The minimum atomic E-state index is -0.496. The summed E-state index contributed by atoms with van der Waals surface area (Å²) in [6.07, 6.45) is 1.03. The van der Waals surface area contributed by atoms with E-state index in [1.165, 1.54) is 23.9 Å². The number of hydrogen-bond donors (Lipinski definition) is 1. The highest BCUT2D eigenvalue weighted by Gasteiger charge is 2.12. The fourth-order valence-electron chi connectivity index (χ4n) is 2.52. The van der Waals surface area contributed by atoms with Gasteiger partial charge < -0.3 is 5.32 Å². The molecule has 0 saturated heterocycles. The number of amides is 1. The predicted octanol–water partition coefficient (Wildman–Crippen LogP) is 4.49. The molecule has 1 amide bonds. The van der Waals surface area contributed by atoms with Gasteiger partial charge in [-0.15, -0.1) is 11.8 Å². The van der Waals surface area contributed by atoms with E-state index in [4.69, 9.17) is 0 Å². The Bertz CT molecular complexity index is 922. The van der Waals surface area contributed by atoms with Crippen molar-refractivity contribution >= 4 is 29.0 Å². The molecule has 1 N–H and O–H groups in total. The topological polar surface area (TPSA) is 109 Å². The summed E-state index contributed by atoms with van der Waals surface area (Å²) in [4.78, 5) is 27.2. The Morgan fingerprint density at radius 3 is 2.75 bits per heavy atom. The number of thioether (sulfide) groups is 1. The average molecular weight is 398 g/mol. The highest BCUT2D eigenvalue weighted by Crippen LogP contribution is 2.24. The summed E-state index contributed by atoms with van der Waals surface area (Å²) < 4.78 is 0. The van der Waals surface area contributed by atoms with Crippen LogP contribution in [0.5, 0.6) is 0 Å². The van der Waals surface area contributed by atoms with Gasteiger partial charge in [-0.3, -0.25) is 14.9 Å². The van der Waals surface area contributed by atoms with E-state index in [9.17, 15) is 20.2 Å². The molecule has 1 aromatic carbocycles. The molecule has 0 spiro atoms. The molecule has 0 saturated carbocycles. The minimum absolute atomic E-state index is 0.0693. The average Bonchev–Trinajstić information content (AvgIpc) is 2.63. The number of nitrogens with one attached hydrogen (secondary N) is 1. The van der Waals surface area contributed by atoms with Gasteiger partial charge in [0.1, 0.15) is 11.1 Å². The molecule has 1 heterocycles. The van der Waals surface area contributed by atoms with Gasteiger partial charge in [-0.25, -0.2) is 4.98 Å². The lowest BCUT2D eigenvalue weighted by atomic mass is 10.1. The minimum Gasteiger partial charge on any atom is -0.326 e. The zero-order chi connectivity index (χ0) is 20.7. The van der Waals surface area contributed by atoms with E-state index >= 15 is 0 Å². The first-order chi connectivity index (χ1) is 13.3. The number of nitriles is 1. The van der Waals surface area contributed by atoms with Crippen LogP contribution in [-0.2, 0) is 11.2 Å². The summed E-state index contributed by atoms with van der Waals surface area (Å²) in [5.41, 5.74) is 2.53. The third-order valence-corrected chi connectivity index (χ3v) is 4.92.